The van der Waals surface area contributed by atoms with Crippen molar-refractivity contribution in [1.82, 2.24) is 0 Å². The van der Waals surface area contributed by atoms with E-state index < -0.39 is 0 Å². The van der Waals surface area contributed by atoms with Gasteiger partial charge in [-0.1, -0.05) is 74.7 Å². The molecule has 0 heterocycles. The fourth-order valence-corrected chi connectivity index (χ4v) is 4.41. The molecule has 2 atom stereocenters. The molecule has 3 rings (SSSR count). The predicted molar refractivity (Wildman–Crippen MR) is 92.4 cm³/mol. The van der Waals surface area contributed by atoms with Gasteiger partial charge in [0.2, 0.25) is 0 Å². The smallest absolute Gasteiger partial charge is 0.161 e. The van der Waals surface area contributed by atoms with E-state index >= 15 is 0 Å². The van der Waals surface area contributed by atoms with E-state index in [-0.39, 0.29) is 5.41 Å². The molecule has 0 aliphatic heterocycles. The lowest BCUT2D eigenvalue weighted by molar-refractivity contribution is -0.127. The summed E-state index contributed by atoms with van der Waals surface area (Å²) in [4.78, 5) is 12.6. The number of allylic oxidation sites excluding steroid dienone is 3. The van der Waals surface area contributed by atoms with Gasteiger partial charge in [0.25, 0.3) is 0 Å². The Bertz CT molecular complexity index is 555. The van der Waals surface area contributed by atoms with Gasteiger partial charge in [0.15, 0.2) is 5.78 Å². The molecule has 0 aromatic heterocycles. The molecule has 2 aliphatic rings. The molecular formula is C21H26O. The largest absolute Gasteiger partial charge is 0.294 e. The van der Waals surface area contributed by atoms with Gasteiger partial charge in [0.1, 0.15) is 0 Å². The standard InChI is InChI=1S/C21H26O/c1-21(15-18-11-7-12-19(14-18)16-21)20(22)13-6-5-10-17-8-3-2-4-9-17/h2-6,8-10,13,18-19H,7,11-12,14-16H2,1H3/b10-5+,13-6+. The first-order chi connectivity index (χ1) is 10.7. The number of fused-ring (bicyclic) bond motifs is 2. The van der Waals surface area contributed by atoms with Crippen molar-refractivity contribution in [3.63, 3.8) is 0 Å². The van der Waals surface area contributed by atoms with Gasteiger partial charge in [0.05, 0.1) is 0 Å². The molecule has 0 spiro atoms. The SMILES string of the molecule is CC1(C(=O)/C=C/C=C/c2ccccc2)CC2CCCC(C2)C1. The second-order valence-electron chi connectivity index (χ2n) is 7.36. The normalized spacial score (nSPS) is 31.7. The highest BCUT2D eigenvalue weighted by Gasteiger charge is 2.42. The van der Waals surface area contributed by atoms with E-state index in [4.69, 9.17) is 0 Å². The van der Waals surface area contributed by atoms with E-state index in [1.165, 1.54) is 25.7 Å². The van der Waals surface area contributed by atoms with Crippen LogP contribution in [0.15, 0.2) is 48.6 Å². The minimum Gasteiger partial charge on any atom is -0.294 e. The summed E-state index contributed by atoms with van der Waals surface area (Å²) in [6, 6.07) is 10.2. The molecule has 1 heteroatoms. The summed E-state index contributed by atoms with van der Waals surface area (Å²) in [5.41, 5.74) is 1.04. The quantitative estimate of drug-likeness (QED) is 0.534. The Kier molecular flexibility index (Phi) is 4.61. The highest BCUT2D eigenvalue weighted by atomic mass is 16.1. The van der Waals surface area contributed by atoms with E-state index in [9.17, 15) is 4.79 Å². The molecule has 0 amide bonds. The van der Waals surface area contributed by atoms with Crippen molar-refractivity contribution < 1.29 is 4.79 Å². The molecule has 1 aromatic rings. The summed E-state index contributed by atoms with van der Waals surface area (Å²) >= 11 is 0. The zero-order valence-electron chi connectivity index (χ0n) is 13.5. The lowest BCUT2D eigenvalue weighted by atomic mass is 9.60. The fraction of sp³-hybridized carbons (Fsp3) is 0.476. The van der Waals surface area contributed by atoms with Gasteiger partial charge >= 0.3 is 0 Å². The van der Waals surface area contributed by atoms with E-state index in [0.717, 1.165) is 30.2 Å². The molecule has 1 aromatic carbocycles. The Morgan fingerprint density at radius 2 is 1.77 bits per heavy atom. The van der Waals surface area contributed by atoms with Crippen LogP contribution >= 0.6 is 0 Å². The maximum atomic E-state index is 12.6. The van der Waals surface area contributed by atoms with Crippen molar-refractivity contribution in [3.8, 4) is 0 Å². The van der Waals surface area contributed by atoms with Crippen LogP contribution in [0.25, 0.3) is 6.08 Å². The fourth-order valence-electron chi connectivity index (χ4n) is 4.41. The van der Waals surface area contributed by atoms with Crippen LogP contribution in [-0.4, -0.2) is 5.78 Å². The number of carbonyl (C=O) groups excluding carboxylic acids is 1. The zero-order valence-corrected chi connectivity index (χ0v) is 13.5. The summed E-state index contributed by atoms with van der Waals surface area (Å²) in [6.07, 6.45) is 15.3. The van der Waals surface area contributed by atoms with E-state index in [1.54, 1.807) is 6.08 Å². The Hall–Kier alpha value is -1.63. The third-order valence-corrected chi connectivity index (χ3v) is 5.41. The van der Waals surface area contributed by atoms with Crippen molar-refractivity contribution in [2.45, 2.75) is 45.4 Å². The lowest BCUT2D eigenvalue weighted by Crippen LogP contribution is -2.38. The van der Waals surface area contributed by atoms with Gasteiger partial charge in [-0.05, 0) is 42.7 Å². The van der Waals surface area contributed by atoms with Crippen LogP contribution in [0.1, 0.15) is 51.0 Å². The Morgan fingerprint density at radius 3 is 2.45 bits per heavy atom. The number of hydrogen-bond acceptors (Lipinski definition) is 1. The molecule has 2 unspecified atom stereocenters. The average molecular weight is 294 g/mol. The van der Waals surface area contributed by atoms with Crippen molar-refractivity contribution in [3.05, 3.63) is 54.1 Å². The number of benzene rings is 1. The number of rotatable bonds is 4. The third kappa shape index (κ3) is 3.58. The van der Waals surface area contributed by atoms with Crippen LogP contribution in [0.4, 0.5) is 0 Å². The molecule has 2 bridgehead atoms. The summed E-state index contributed by atoms with van der Waals surface area (Å²) < 4.78 is 0. The van der Waals surface area contributed by atoms with Gasteiger partial charge in [0, 0.05) is 5.41 Å². The van der Waals surface area contributed by atoms with Crippen LogP contribution in [0, 0.1) is 17.3 Å². The van der Waals surface area contributed by atoms with Gasteiger partial charge in [-0.25, -0.2) is 0 Å². The van der Waals surface area contributed by atoms with E-state index in [2.05, 4.69) is 19.1 Å². The van der Waals surface area contributed by atoms with Crippen molar-refractivity contribution >= 4 is 11.9 Å². The topological polar surface area (TPSA) is 17.1 Å². The molecule has 116 valence electrons. The first-order valence-corrected chi connectivity index (χ1v) is 8.60. The van der Waals surface area contributed by atoms with Crippen molar-refractivity contribution in [2.75, 3.05) is 0 Å². The Labute approximate surface area is 134 Å². The molecule has 0 radical (unpaired) electrons. The monoisotopic (exact) mass is 294 g/mol. The van der Waals surface area contributed by atoms with E-state index in [0.29, 0.717) is 5.78 Å². The van der Waals surface area contributed by atoms with Gasteiger partial charge in [-0.2, -0.15) is 0 Å². The Morgan fingerprint density at radius 1 is 1.09 bits per heavy atom. The molecule has 0 N–H and O–H groups in total. The predicted octanol–water partition coefficient (Wildman–Crippen LogP) is 5.43. The first kappa shape index (κ1) is 15.3. The van der Waals surface area contributed by atoms with Crippen LogP contribution in [0.3, 0.4) is 0 Å². The first-order valence-electron chi connectivity index (χ1n) is 8.60. The maximum absolute atomic E-state index is 12.6. The molecule has 1 nitrogen and oxygen atoms in total. The summed E-state index contributed by atoms with van der Waals surface area (Å²) in [6.45, 7) is 2.19. The second kappa shape index (κ2) is 6.64. The van der Waals surface area contributed by atoms with Crippen LogP contribution in [0.5, 0.6) is 0 Å². The lowest BCUT2D eigenvalue weighted by Gasteiger charge is -2.44. The van der Waals surface area contributed by atoms with Crippen molar-refractivity contribution in [2.24, 2.45) is 17.3 Å². The number of carbonyl (C=O) groups is 1. The van der Waals surface area contributed by atoms with Crippen LogP contribution in [0.2, 0.25) is 0 Å². The highest BCUT2D eigenvalue weighted by Crippen LogP contribution is 2.49. The minimum atomic E-state index is -0.120. The third-order valence-electron chi connectivity index (χ3n) is 5.41. The average Bonchev–Trinajstić information content (AvgIpc) is 2.52. The van der Waals surface area contributed by atoms with Crippen molar-refractivity contribution in [1.29, 1.82) is 0 Å². The summed E-state index contributed by atoms with van der Waals surface area (Å²) in [5.74, 6) is 1.89. The molecule has 2 saturated carbocycles. The molecular weight excluding hydrogens is 268 g/mol. The number of ketones is 1. The molecule has 2 aliphatic carbocycles. The van der Waals surface area contributed by atoms with Gasteiger partial charge in [-0.3, -0.25) is 4.79 Å². The summed E-state index contributed by atoms with van der Waals surface area (Å²) in [7, 11) is 0. The Balaban J connectivity index is 1.61. The molecule has 2 fully saturated rings. The maximum Gasteiger partial charge on any atom is 0.161 e. The molecule has 22 heavy (non-hydrogen) atoms. The van der Waals surface area contributed by atoms with Crippen LogP contribution < -0.4 is 0 Å². The van der Waals surface area contributed by atoms with Gasteiger partial charge < -0.3 is 0 Å². The van der Waals surface area contributed by atoms with Crippen LogP contribution in [-0.2, 0) is 4.79 Å². The zero-order chi connectivity index (χ0) is 15.4. The minimum absolute atomic E-state index is 0.120. The molecule has 0 saturated heterocycles. The number of hydrogen-bond donors (Lipinski definition) is 0. The second-order valence-corrected chi connectivity index (χ2v) is 7.36. The highest BCUT2D eigenvalue weighted by molar-refractivity contribution is 5.95. The van der Waals surface area contributed by atoms with Gasteiger partial charge in [-0.15, -0.1) is 0 Å². The van der Waals surface area contributed by atoms with E-state index in [1.807, 2.05) is 36.4 Å². The summed E-state index contributed by atoms with van der Waals surface area (Å²) in [5, 5.41) is 0.